The van der Waals surface area contributed by atoms with E-state index in [1.165, 1.54) is 12.3 Å². The van der Waals surface area contributed by atoms with Crippen LogP contribution in [0.25, 0.3) is 10.9 Å². The fraction of sp³-hybridized carbons (Fsp3) is 0.0833. The van der Waals surface area contributed by atoms with Crippen molar-refractivity contribution in [3.8, 4) is 0 Å². The maximum atomic E-state index is 12.7. The highest BCUT2D eigenvalue weighted by molar-refractivity contribution is 6.09. The summed E-state index contributed by atoms with van der Waals surface area (Å²) in [6.45, 7) is 3.94. The van der Waals surface area contributed by atoms with E-state index in [0.717, 1.165) is 16.5 Å². The van der Waals surface area contributed by atoms with Gasteiger partial charge in [0.2, 0.25) is 0 Å². The zero-order valence-corrected chi connectivity index (χ0v) is 16.6. The molecular weight excluding hydrogens is 376 g/mol. The molecule has 2 N–H and O–H groups in total. The lowest BCUT2D eigenvalue weighted by atomic mass is 10.1. The molecule has 0 bridgehead atoms. The Hall–Kier alpha value is -4.06. The molecule has 2 heterocycles. The van der Waals surface area contributed by atoms with Crippen LogP contribution in [0.4, 0.5) is 11.4 Å². The van der Waals surface area contributed by atoms with Crippen LogP contribution in [0, 0.1) is 13.8 Å². The van der Waals surface area contributed by atoms with Gasteiger partial charge in [0.15, 0.2) is 0 Å². The van der Waals surface area contributed by atoms with Gasteiger partial charge in [0.05, 0.1) is 11.2 Å². The Morgan fingerprint density at radius 1 is 0.767 bits per heavy atom. The smallest absolute Gasteiger partial charge is 0.274 e. The summed E-state index contributed by atoms with van der Waals surface area (Å²) in [5.74, 6) is -0.711. The Balaban J connectivity index is 1.55. The summed E-state index contributed by atoms with van der Waals surface area (Å²) >= 11 is 0. The van der Waals surface area contributed by atoms with Gasteiger partial charge in [-0.1, -0.05) is 24.3 Å². The van der Waals surface area contributed by atoms with Gasteiger partial charge in [-0.3, -0.25) is 19.6 Å². The number of hydrogen-bond donors (Lipinski definition) is 2. The first-order valence-corrected chi connectivity index (χ1v) is 9.50. The molecule has 0 radical (unpaired) electrons. The number of nitrogens with one attached hydrogen (secondary N) is 2. The Kier molecular flexibility index (Phi) is 5.22. The number of carbonyl (C=O) groups is 2. The quantitative estimate of drug-likeness (QED) is 0.521. The van der Waals surface area contributed by atoms with E-state index >= 15 is 0 Å². The minimum Gasteiger partial charge on any atom is -0.322 e. The van der Waals surface area contributed by atoms with Crippen molar-refractivity contribution in [2.75, 3.05) is 10.6 Å². The monoisotopic (exact) mass is 396 g/mol. The van der Waals surface area contributed by atoms with Crippen LogP contribution < -0.4 is 10.6 Å². The lowest BCUT2D eigenvalue weighted by molar-refractivity contribution is 0.102. The number of anilines is 2. The fourth-order valence-electron chi connectivity index (χ4n) is 3.34. The van der Waals surface area contributed by atoms with Crippen molar-refractivity contribution in [3.63, 3.8) is 0 Å². The Labute approximate surface area is 174 Å². The van der Waals surface area contributed by atoms with E-state index in [1.807, 2.05) is 56.3 Å². The predicted molar refractivity (Wildman–Crippen MR) is 118 cm³/mol. The third kappa shape index (κ3) is 4.17. The standard InChI is InChI=1S/C24H20N4O2/c1-15-11-16(2)13-19(12-15)27-23(29)18-8-10-25-21(14-18)24(30)28-20-7-3-5-17-6-4-9-26-22(17)20/h3-14H,1-2H3,(H,27,29)(H,28,30). The maximum Gasteiger partial charge on any atom is 0.274 e. The predicted octanol–water partition coefficient (Wildman–Crippen LogP) is 4.75. The minimum atomic E-state index is -0.408. The summed E-state index contributed by atoms with van der Waals surface area (Å²) in [4.78, 5) is 33.9. The molecule has 4 aromatic rings. The minimum absolute atomic E-state index is 0.149. The van der Waals surface area contributed by atoms with Crippen molar-refractivity contribution >= 4 is 34.1 Å². The van der Waals surface area contributed by atoms with Crippen LogP contribution in [-0.2, 0) is 0 Å². The zero-order chi connectivity index (χ0) is 21.1. The van der Waals surface area contributed by atoms with E-state index in [0.29, 0.717) is 22.5 Å². The van der Waals surface area contributed by atoms with Crippen LogP contribution in [0.2, 0.25) is 0 Å². The Morgan fingerprint density at radius 2 is 1.53 bits per heavy atom. The maximum absolute atomic E-state index is 12.7. The van der Waals surface area contributed by atoms with E-state index in [-0.39, 0.29) is 11.6 Å². The number of pyridine rings is 2. The second kappa shape index (κ2) is 8.13. The van der Waals surface area contributed by atoms with Crippen LogP contribution in [0.5, 0.6) is 0 Å². The Morgan fingerprint density at radius 3 is 2.33 bits per heavy atom. The largest absolute Gasteiger partial charge is 0.322 e. The summed E-state index contributed by atoms with van der Waals surface area (Å²) < 4.78 is 0. The normalized spacial score (nSPS) is 10.6. The average Bonchev–Trinajstić information content (AvgIpc) is 2.73. The number of aryl methyl sites for hydroxylation is 2. The molecule has 2 aromatic heterocycles. The molecule has 148 valence electrons. The fourth-order valence-corrected chi connectivity index (χ4v) is 3.34. The van der Waals surface area contributed by atoms with Gasteiger partial charge in [-0.25, -0.2) is 0 Å². The number of para-hydroxylation sites is 1. The zero-order valence-electron chi connectivity index (χ0n) is 16.6. The molecule has 0 aliphatic heterocycles. The molecule has 2 aromatic carbocycles. The molecule has 0 aliphatic carbocycles. The number of rotatable bonds is 4. The molecule has 0 saturated carbocycles. The lowest BCUT2D eigenvalue weighted by Gasteiger charge is -2.10. The molecule has 2 amide bonds. The molecule has 0 unspecified atom stereocenters. The molecule has 6 heteroatoms. The van der Waals surface area contributed by atoms with Crippen LogP contribution in [-0.4, -0.2) is 21.8 Å². The van der Waals surface area contributed by atoms with Crippen molar-refractivity contribution in [1.29, 1.82) is 0 Å². The molecule has 6 nitrogen and oxygen atoms in total. The van der Waals surface area contributed by atoms with Crippen molar-refractivity contribution in [2.24, 2.45) is 0 Å². The summed E-state index contributed by atoms with van der Waals surface area (Å²) in [7, 11) is 0. The summed E-state index contributed by atoms with van der Waals surface area (Å²) in [6, 6.07) is 18.2. The van der Waals surface area contributed by atoms with E-state index in [4.69, 9.17) is 0 Å². The Bertz CT molecular complexity index is 1240. The van der Waals surface area contributed by atoms with Crippen molar-refractivity contribution in [3.05, 3.63) is 95.4 Å². The molecular formula is C24H20N4O2. The summed E-state index contributed by atoms with van der Waals surface area (Å²) in [5, 5.41) is 6.63. The molecule has 0 saturated heterocycles. The number of carbonyl (C=O) groups excluding carboxylic acids is 2. The van der Waals surface area contributed by atoms with Gasteiger partial charge in [0.25, 0.3) is 11.8 Å². The first-order valence-electron chi connectivity index (χ1n) is 9.50. The SMILES string of the molecule is Cc1cc(C)cc(NC(=O)c2ccnc(C(=O)Nc3cccc4cccnc34)c2)c1. The highest BCUT2D eigenvalue weighted by Gasteiger charge is 2.14. The van der Waals surface area contributed by atoms with E-state index < -0.39 is 5.91 Å². The lowest BCUT2D eigenvalue weighted by Crippen LogP contribution is -2.17. The van der Waals surface area contributed by atoms with E-state index in [2.05, 4.69) is 20.6 Å². The van der Waals surface area contributed by atoms with Gasteiger partial charge >= 0.3 is 0 Å². The van der Waals surface area contributed by atoms with E-state index in [9.17, 15) is 9.59 Å². The summed E-state index contributed by atoms with van der Waals surface area (Å²) in [6.07, 6.45) is 3.13. The molecule has 0 fully saturated rings. The third-order valence-electron chi connectivity index (χ3n) is 4.62. The number of hydrogen-bond acceptors (Lipinski definition) is 4. The number of fused-ring (bicyclic) bond motifs is 1. The molecule has 0 aliphatic rings. The number of amides is 2. The topological polar surface area (TPSA) is 84.0 Å². The van der Waals surface area contributed by atoms with Crippen molar-refractivity contribution < 1.29 is 9.59 Å². The van der Waals surface area contributed by atoms with Crippen LogP contribution in [0.15, 0.2) is 73.1 Å². The van der Waals surface area contributed by atoms with Crippen molar-refractivity contribution in [2.45, 2.75) is 13.8 Å². The number of nitrogens with zero attached hydrogens (tertiary/aromatic N) is 2. The molecule has 0 spiro atoms. The van der Waals surface area contributed by atoms with Crippen LogP contribution in [0.3, 0.4) is 0 Å². The first-order chi connectivity index (χ1) is 14.5. The first kappa shape index (κ1) is 19.3. The second-order valence-corrected chi connectivity index (χ2v) is 7.10. The highest BCUT2D eigenvalue weighted by Crippen LogP contribution is 2.21. The average molecular weight is 396 g/mol. The second-order valence-electron chi connectivity index (χ2n) is 7.10. The van der Waals surface area contributed by atoms with Gasteiger partial charge in [0.1, 0.15) is 5.69 Å². The van der Waals surface area contributed by atoms with Gasteiger partial charge < -0.3 is 10.6 Å². The molecule has 0 atom stereocenters. The van der Waals surface area contributed by atoms with E-state index in [1.54, 1.807) is 18.3 Å². The number of benzene rings is 2. The number of aromatic nitrogens is 2. The van der Waals surface area contributed by atoms with Gasteiger partial charge in [-0.2, -0.15) is 0 Å². The van der Waals surface area contributed by atoms with Gasteiger partial charge in [-0.15, -0.1) is 0 Å². The molecule has 4 rings (SSSR count). The van der Waals surface area contributed by atoms with Gasteiger partial charge in [-0.05, 0) is 61.4 Å². The van der Waals surface area contributed by atoms with Crippen LogP contribution in [0.1, 0.15) is 32.0 Å². The molecule has 30 heavy (non-hydrogen) atoms. The third-order valence-corrected chi connectivity index (χ3v) is 4.62. The highest BCUT2D eigenvalue weighted by atomic mass is 16.2. The summed E-state index contributed by atoms with van der Waals surface area (Å²) in [5.41, 5.74) is 4.61. The van der Waals surface area contributed by atoms with Crippen molar-refractivity contribution in [1.82, 2.24) is 9.97 Å². The van der Waals surface area contributed by atoms with Crippen LogP contribution >= 0.6 is 0 Å². The van der Waals surface area contributed by atoms with Gasteiger partial charge in [0, 0.05) is 29.0 Å².